The van der Waals surface area contributed by atoms with Crippen molar-refractivity contribution in [2.45, 2.75) is 5.92 Å². The number of fused-ring (bicyclic) bond motifs is 1. The highest BCUT2D eigenvalue weighted by Crippen LogP contribution is 2.26. The van der Waals surface area contributed by atoms with Crippen molar-refractivity contribution < 1.29 is 4.79 Å². The Balaban J connectivity index is 2.11. The monoisotopic (exact) mass is 353 g/mol. The molecule has 0 N–H and O–H groups in total. The summed E-state index contributed by atoms with van der Waals surface area (Å²) >= 11 is 3.36. The summed E-state index contributed by atoms with van der Waals surface area (Å²) in [4.78, 5) is 17.2. The number of benzene rings is 2. The van der Waals surface area contributed by atoms with Gasteiger partial charge in [0.15, 0.2) is 11.7 Å². The fourth-order valence-electron chi connectivity index (χ4n) is 2.47. The van der Waals surface area contributed by atoms with Gasteiger partial charge in [-0.05, 0) is 18.2 Å². The van der Waals surface area contributed by atoms with Crippen LogP contribution in [0.2, 0.25) is 0 Å². The number of hydrogen-bond acceptors (Lipinski definition) is 3. The van der Waals surface area contributed by atoms with Gasteiger partial charge in [-0.1, -0.05) is 46.3 Å². The van der Waals surface area contributed by atoms with Gasteiger partial charge in [-0.25, -0.2) is 4.98 Å². The molecule has 0 radical (unpaired) electrons. The Morgan fingerprint density at radius 3 is 2.59 bits per heavy atom. The lowest BCUT2D eigenvalue weighted by Gasteiger charge is -2.10. The van der Waals surface area contributed by atoms with Crippen molar-refractivity contribution in [2.24, 2.45) is 7.05 Å². The first-order chi connectivity index (χ1) is 10.6. The topological polar surface area (TPSA) is 58.7 Å². The Labute approximate surface area is 136 Å². The predicted octanol–water partition coefficient (Wildman–Crippen LogP) is 3.83. The van der Waals surface area contributed by atoms with E-state index in [-0.39, 0.29) is 5.78 Å². The van der Waals surface area contributed by atoms with E-state index in [0.717, 1.165) is 11.0 Å². The standard InChI is InChI=1S/C17H12BrN3O/c1-21-15-9-5-4-8-14(15)20-17(21)12(10-19)16(22)11-6-2-3-7-13(11)18/h2-9,12H,1H3/t12-/m1/s1. The molecule has 4 nitrogen and oxygen atoms in total. The van der Waals surface area contributed by atoms with Crippen LogP contribution in [-0.4, -0.2) is 15.3 Å². The molecule has 0 saturated heterocycles. The average Bonchev–Trinajstić information content (AvgIpc) is 2.86. The summed E-state index contributed by atoms with van der Waals surface area (Å²) in [5, 5.41) is 9.51. The van der Waals surface area contributed by atoms with Crippen molar-refractivity contribution in [1.82, 2.24) is 9.55 Å². The number of halogens is 1. The third kappa shape index (κ3) is 2.32. The van der Waals surface area contributed by atoms with Gasteiger partial charge in [-0.15, -0.1) is 0 Å². The highest BCUT2D eigenvalue weighted by atomic mass is 79.9. The molecule has 1 atom stereocenters. The van der Waals surface area contributed by atoms with Crippen molar-refractivity contribution in [3.63, 3.8) is 0 Å². The number of rotatable bonds is 3. The lowest BCUT2D eigenvalue weighted by atomic mass is 9.98. The maximum Gasteiger partial charge on any atom is 0.188 e. The second-order valence-corrected chi connectivity index (χ2v) is 5.78. The van der Waals surface area contributed by atoms with Crippen LogP contribution in [0.25, 0.3) is 11.0 Å². The summed E-state index contributed by atoms with van der Waals surface area (Å²) in [6, 6.07) is 16.8. The summed E-state index contributed by atoms with van der Waals surface area (Å²) in [6.07, 6.45) is 0. The van der Waals surface area contributed by atoms with Crippen LogP contribution in [0, 0.1) is 11.3 Å². The van der Waals surface area contributed by atoms with E-state index in [4.69, 9.17) is 0 Å². The fraction of sp³-hybridized carbons (Fsp3) is 0.118. The number of hydrogen-bond donors (Lipinski definition) is 0. The number of para-hydroxylation sites is 2. The van der Waals surface area contributed by atoms with Gasteiger partial charge < -0.3 is 4.57 Å². The van der Waals surface area contributed by atoms with Crippen LogP contribution in [0.5, 0.6) is 0 Å². The number of aromatic nitrogens is 2. The highest BCUT2D eigenvalue weighted by Gasteiger charge is 2.27. The molecule has 0 spiro atoms. The number of ketones is 1. The number of carbonyl (C=O) groups is 1. The number of nitrogens with zero attached hydrogens (tertiary/aromatic N) is 3. The van der Waals surface area contributed by atoms with Crippen molar-refractivity contribution >= 4 is 32.7 Å². The van der Waals surface area contributed by atoms with Gasteiger partial charge in [0, 0.05) is 17.1 Å². The van der Waals surface area contributed by atoms with Crippen molar-refractivity contribution in [3.8, 4) is 6.07 Å². The molecule has 1 aromatic heterocycles. The van der Waals surface area contributed by atoms with Crippen molar-refractivity contribution in [1.29, 1.82) is 5.26 Å². The SMILES string of the molecule is Cn1c([C@H](C#N)C(=O)c2ccccc2Br)nc2ccccc21. The smallest absolute Gasteiger partial charge is 0.188 e. The highest BCUT2D eigenvalue weighted by molar-refractivity contribution is 9.10. The molecule has 1 heterocycles. The van der Waals surface area contributed by atoms with Crippen LogP contribution < -0.4 is 0 Å². The normalized spacial score (nSPS) is 12.0. The maximum absolute atomic E-state index is 12.7. The van der Waals surface area contributed by atoms with Gasteiger partial charge in [0.2, 0.25) is 0 Å². The first kappa shape index (κ1) is 14.5. The molecule has 0 amide bonds. The number of Topliss-reactive ketones (excluding diaryl/α,β-unsaturated/α-hetero) is 1. The molecule has 0 saturated carbocycles. The van der Waals surface area contributed by atoms with E-state index in [1.54, 1.807) is 22.8 Å². The summed E-state index contributed by atoms with van der Waals surface area (Å²) < 4.78 is 2.48. The van der Waals surface area contributed by atoms with Gasteiger partial charge >= 0.3 is 0 Å². The Hall–Kier alpha value is -2.45. The zero-order valence-electron chi connectivity index (χ0n) is 11.8. The molecular formula is C17H12BrN3O. The zero-order valence-corrected chi connectivity index (χ0v) is 13.4. The molecule has 0 fully saturated rings. The number of imidazole rings is 1. The Bertz CT molecular complexity index is 908. The molecule has 22 heavy (non-hydrogen) atoms. The molecule has 3 rings (SSSR count). The van der Waals surface area contributed by atoms with E-state index in [9.17, 15) is 10.1 Å². The Morgan fingerprint density at radius 1 is 1.23 bits per heavy atom. The van der Waals surface area contributed by atoms with E-state index in [2.05, 4.69) is 27.0 Å². The number of carbonyl (C=O) groups excluding carboxylic acids is 1. The van der Waals surface area contributed by atoms with Crippen LogP contribution in [0.4, 0.5) is 0 Å². The second kappa shape index (κ2) is 5.74. The quantitative estimate of drug-likeness (QED) is 0.672. The van der Waals surface area contributed by atoms with E-state index in [1.165, 1.54) is 0 Å². The van der Waals surface area contributed by atoms with E-state index in [1.807, 2.05) is 37.4 Å². The minimum atomic E-state index is -0.934. The molecule has 0 aliphatic rings. The molecule has 5 heteroatoms. The Kier molecular flexibility index (Phi) is 3.78. The van der Waals surface area contributed by atoms with Gasteiger partial charge in [0.25, 0.3) is 0 Å². The molecule has 0 bridgehead atoms. The largest absolute Gasteiger partial charge is 0.330 e. The Morgan fingerprint density at radius 2 is 1.91 bits per heavy atom. The third-order valence-electron chi connectivity index (χ3n) is 3.61. The van der Waals surface area contributed by atoms with Crippen LogP contribution in [0.1, 0.15) is 22.1 Å². The lowest BCUT2D eigenvalue weighted by Crippen LogP contribution is -2.16. The fourth-order valence-corrected chi connectivity index (χ4v) is 2.95. The maximum atomic E-state index is 12.7. The van der Waals surface area contributed by atoms with Crippen molar-refractivity contribution in [3.05, 3.63) is 64.4 Å². The van der Waals surface area contributed by atoms with Crippen LogP contribution in [-0.2, 0) is 7.05 Å². The van der Waals surface area contributed by atoms with E-state index >= 15 is 0 Å². The van der Waals surface area contributed by atoms with Crippen LogP contribution in [0.15, 0.2) is 53.0 Å². The van der Waals surface area contributed by atoms with Crippen LogP contribution in [0.3, 0.4) is 0 Å². The van der Waals surface area contributed by atoms with Gasteiger partial charge in [-0.2, -0.15) is 5.26 Å². The molecule has 0 aliphatic carbocycles. The number of nitriles is 1. The van der Waals surface area contributed by atoms with Crippen molar-refractivity contribution in [2.75, 3.05) is 0 Å². The molecular weight excluding hydrogens is 342 g/mol. The second-order valence-electron chi connectivity index (χ2n) is 4.92. The molecule has 108 valence electrons. The molecule has 0 aliphatic heterocycles. The molecule has 3 aromatic rings. The van der Waals surface area contributed by atoms with Gasteiger partial charge in [0.1, 0.15) is 5.82 Å². The van der Waals surface area contributed by atoms with Gasteiger partial charge in [-0.3, -0.25) is 4.79 Å². The lowest BCUT2D eigenvalue weighted by molar-refractivity contribution is 0.0974. The average molecular weight is 354 g/mol. The molecule has 0 unspecified atom stereocenters. The first-order valence-electron chi connectivity index (χ1n) is 6.73. The summed E-state index contributed by atoms with van der Waals surface area (Å²) in [6.45, 7) is 0. The zero-order chi connectivity index (χ0) is 15.7. The van der Waals surface area contributed by atoms with Gasteiger partial charge in [0.05, 0.1) is 17.1 Å². The van der Waals surface area contributed by atoms with E-state index < -0.39 is 5.92 Å². The minimum absolute atomic E-state index is 0.256. The minimum Gasteiger partial charge on any atom is -0.330 e. The van der Waals surface area contributed by atoms with E-state index in [0.29, 0.717) is 15.9 Å². The summed E-state index contributed by atoms with van der Waals surface area (Å²) in [7, 11) is 1.82. The number of aryl methyl sites for hydroxylation is 1. The first-order valence-corrected chi connectivity index (χ1v) is 7.52. The summed E-state index contributed by atoms with van der Waals surface area (Å²) in [5.41, 5.74) is 2.17. The predicted molar refractivity (Wildman–Crippen MR) is 87.5 cm³/mol. The summed E-state index contributed by atoms with van der Waals surface area (Å²) in [5.74, 6) is -0.728. The van der Waals surface area contributed by atoms with Crippen LogP contribution >= 0.6 is 15.9 Å². The third-order valence-corrected chi connectivity index (χ3v) is 4.30. The molecule has 2 aromatic carbocycles.